The van der Waals surface area contributed by atoms with E-state index in [1.165, 1.54) is 0 Å². The monoisotopic (exact) mass is 289 g/mol. The number of hydrogen-bond donors (Lipinski definition) is 1. The molecule has 2 rings (SSSR count). The number of hydrogen-bond acceptors (Lipinski definition) is 4. The molecule has 1 heterocycles. The van der Waals surface area contributed by atoms with Crippen LogP contribution in [-0.2, 0) is 6.18 Å². The van der Waals surface area contributed by atoms with Crippen LogP contribution < -0.4 is 5.32 Å². The van der Waals surface area contributed by atoms with Gasteiger partial charge in [0.25, 0.3) is 0 Å². The summed E-state index contributed by atoms with van der Waals surface area (Å²) in [6, 6.07) is 0.697. The summed E-state index contributed by atoms with van der Waals surface area (Å²) in [7, 11) is 0. The molecule has 1 saturated carbocycles. The molecule has 0 radical (unpaired) electrons. The molecule has 1 aromatic heterocycles. The molecular weight excluding hydrogens is 275 g/mol. The number of aromatic nitrogens is 1. The van der Waals surface area contributed by atoms with Crippen LogP contribution in [0.15, 0.2) is 12.3 Å². The first kappa shape index (κ1) is 14.5. The largest absolute Gasteiger partial charge is 0.433 e. The maximum absolute atomic E-state index is 12.6. The Labute approximate surface area is 113 Å². The molecule has 20 heavy (non-hydrogen) atoms. The van der Waals surface area contributed by atoms with Gasteiger partial charge in [0.2, 0.25) is 0 Å². The van der Waals surface area contributed by atoms with Crippen molar-refractivity contribution in [2.45, 2.75) is 38.4 Å². The van der Waals surface area contributed by atoms with Gasteiger partial charge in [-0.25, -0.2) is 4.98 Å². The van der Waals surface area contributed by atoms with Gasteiger partial charge in [-0.2, -0.15) is 13.2 Å². The zero-order chi connectivity index (χ0) is 15.1. The average molecular weight is 289 g/mol. The van der Waals surface area contributed by atoms with Crippen molar-refractivity contribution in [1.29, 1.82) is 0 Å². The molecule has 1 fully saturated rings. The fourth-order valence-electron chi connectivity index (χ4n) is 2.10. The molecule has 110 valence electrons. The van der Waals surface area contributed by atoms with E-state index in [9.17, 15) is 23.3 Å². The average Bonchev–Trinajstić information content (AvgIpc) is 3.10. The molecule has 0 unspecified atom stereocenters. The van der Waals surface area contributed by atoms with Crippen molar-refractivity contribution in [2.75, 3.05) is 5.32 Å². The van der Waals surface area contributed by atoms with Crippen LogP contribution in [0.2, 0.25) is 0 Å². The van der Waals surface area contributed by atoms with Gasteiger partial charge in [-0.3, -0.25) is 10.1 Å². The molecular formula is C12H14F3N3O2. The number of anilines is 1. The van der Waals surface area contributed by atoms with E-state index in [1.807, 2.05) is 13.8 Å². The van der Waals surface area contributed by atoms with Gasteiger partial charge >= 0.3 is 11.9 Å². The summed E-state index contributed by atoms with van der Waals surface area (Å²) in [6.07, 6.45) is -2.06. The normalized spacial score (nSPS) is 16.1. The Morgan fingerprint density at radius 3 is 2.45 bits per heavy atom. The Morgan fingerprint density at radius 2 is 2.00 bits per heavy atom. The van der Waals surface area contributed by atoms with E-state index in [2.05, 4.69) is 10.3 Å². The van der Waals surface area contributed by atoms with Crippen LogP contribution in [-0.4, -0.2) is 15.4 Å². The van der Waals surface area contributed by atoms with Gasteiger partial charge in [0, 0.05) is 5.54 Å². The smallest absolute Gasteiger partial charge is 0.374 e. The first-order valence-electron chi connectivity index (χ1n) is 6.11. The number of nitro groups is 1. The topological polar surface area (TPSA) is 68.1 Å². The van der Waals surface area contributed by atoms with Gasteiger partial charge < -0.3 is 5.32 Å². The fourth-order valence-corrected chi connectivity index (χ4v) is 2.10. The van der Waals surface area contributed by atoms with Crippen LogP contribution in [0.4, 0.5) is 24.5 Å². The van der Waals surface area contributed by atoms with E-state index < -0.39 is 28.0 Å². The third-order valence-corrected chi connectivity index (χ3v) is 3.42. The summed E-state index contributed by atoms with van der Waals surface area (Å²) < 4.78 is 37.9. The molecule has 0 spiro atoms. The Hall–Kier alpha value is -1.86. The molecule has 1 N–H and O–H groups in total. The lowest BCUT2D eigenvalue weighted by molar-refractivity contribution is -0.384. The highest BCUT2D eigenvalue weighted by molar-refractivity contribution is 5.62. The number of nitrogens with one attached hydrogen (secondary N) is 1. The second-order valence-electron chi connectivity index (χ2n) is 5.46. The third-order valence-electron chi connectivity index (χ3n) is 3.42. The third kappa shape index (κ3) is 3.00. The Bertz CT molecular complexity index is 539. The summed E-state index contributed by atoms with van der Waals surface area (Å²) >= 11 is 0. The SMILES string of the molecule is CC(C)(Nc1cc(C(F)(F)F)ncc1[N+](=O)[O-])C1CC1. The van der Waals surface area contributed by atoms with E-state index in [0.717, 1.165) is 12.8 Å². The van der Waals surface area contributed by atoms with Gasteiger partial charge in [-0.1, -0.05) is 0 Å². The summed E-state index contributed by atoms with van der Waals surface area (Å²) in [6.45, 7) is 3.64. The Balaban J connectivity index is 2.39. The quantitative estimate of drug-likeness (QED) is 0.679. The number of rotatable bonds is 4. The van der Waals surface area contributed by atoms with E-state index in [1.54, 1.807) is 0 Å². The Morgan fingerprint density at radius 1 is 1.40 bits per heavy atom. The summed E-state index contributed by atoms with van der Waals surface area (Å²) in [5, 5.41) is 13.8. The molecule has 0 aliphatic heterocycles. The van der Waals surface area contributed by atoms with Gasteiger partial charge in [0.1, 0.15) is 17.6 Å². The van der Waals surface area contributed by atoms with Crippen LogP contribution in [0.1, 0.15) is 32.4 Å². The molecule has 0 saturated heterocycles. The lowest BCUT2D eigenvalue weighted by Crippen LogP contribution is -2.33. The van der Waals surface area contributed by atoms with Crippen molar-refractivity contribution in [1.82, 2.24) is 4.98 Å². The number of alkyl halides is 3. The predicted molar refractivity (Wildman–Crippen MR) is 66.3 cm³/mol. The van der Waals surface area contributed by atoms with E-state index in [0.29, 0.717) is 18.2 Å². The van der Waals surface area contributed by atoms with Gasteiger partial charge in [-0.15, -0.1) is 0 Å². The van der Waals surface area contributed by atoms with Crippen LogP contribution in [0.25, 0.3) is 0 Å². The van der Waals surface area contributed by atoms with Crippen molar-refractivity contribution in [3.05, 3.63) is 28.1 Å². The zero-order valence-corrected chi connectivity index (χ0v) is 11.0. The van der Waals surface area contributed by atoms with Crippen LogP contribution in [0.3, 0.4) is 0 Å². The van der Waals surface area contributed by atoms with Crippen LogP contribution in [0, 0.1) is 16.0 Å². The highest BCUT2D eigenvalue weighted by Gasteiger charge is 2.40. The molecule has 1 aliphatic rings. The second-order valence-corrected chi connectivity index (χ2v) is 5.46. The molecule has 0 aromatic carbocycles. The van der Waals surface area contributed by atoms with Crippen molar-refractivity contribution >= 4 is 11.4 Å². The highest BCUT2D eigenvalue weighted by Crippen LogP contribution is 2.43. The van der Waals surface area contributed by atoms with Crippen molar-refractivity contribution in [2.24, 2.45) is 5.92 Å². The molecule has 0 bridgehead atoms. The number of pyridine rings is 1. The molecule has 0 amide bonds. The van der Waals surface area contributed by atoms with Gasteiger partial charge in [0.05, 0.1) is 4.92 Å². The summed E-state index contributed by atoms with van der Waals surface area (Å²) in [5.41, 5.74) is -2.23. The standard InChI is InChI=1S/C12H14F3N3O2/c1-11(2,7-3-4-7)17-8-5-10(12(13,14)15)16-6-9(8)18(19)20/h5-7H,3-4H2,1-2H3,(H,16,17). The van der Waals surface area contributed by atoms with Gasteiger partial charge in [-0.05, 0) is 38.7 Å². The fraction of sp³-hybridized carbons (Fsp3) is 0.583. The predicted octanol–water partition coefficient (Wildman–Crippen LogP) is 3.61. The second kappa shape index (κ2) is 4.60. The lowest BCUT2D eigenvalue weighted by atomic mass is 9.98. The zero-order valence-electron chi connectivity index (χ0n) is 11.0. The minimum atomic E-state index is -4.63. The van der Waals surface area contributed by atoms with E-state index >= 15 is 0 Å². The van der Waals surface area contributed by atoms with Crippen molar-refractivity contribution < 1.29 is 18.1 Å². The maximum Gasteiger partial charge on any atom is 0.433 e. The molecule has 0 atom stereocenters. The first-order chi connectivity index (χ1) is 9.11. The van der Waals surface area contributed by atoms with Crippen molar-refractivity contribution in [3.8, 4) is 0 Å². The molecule has 5 nitrogen and oxygen atoms in total. The molecule has 1 aliphatic carbocycles. The summed E-state index contributed by atoms with van der Waals surface area (Å²) in [5.74, 6) is 0.310. The number of nitrogens with zero attached hydrogens (tertiary/aromatic N) is 2. The minimum absolute atomic E-state index is 0.144. The molecule has 1 aromatic rings. The Kier molecular flexibility index (Phi) is 3.35. The molecule has 8 heteroatoms. The van der Waals surface area contributed by atoms with E-state index in [-0.39, 0.29) is 5.69 Å². The number of halogens is 3. The summed E-state index contributed by atoms with van der Waals surface area (Å²) in [4.78, 5) is 13.3. The van der Waals surface area contributed by atoms with Crippen LogP contribution >= 0.6 is 0 Å². The lowest BCUT2D eigenvalue weighted by Gasteiger charge is -2.27. The maximum atomic E-state index is 12.6. The first-order valence-corrected chi connectivity index (χ1v) is 6.11. The van der Waals surface area contributed by atoms with Gasteiger partial charge in [0.15, 0.2) is 0 Å². The van der Waals surface area contributed by atoms with Crippen LogP contribution in [0.5, 0.6) is 0 Å². The minimum Gasteiger partial charge on any atom is -0.374 e. The van der Waals surface area contributed by atoms with E-state index in [4.69, 9.17) is 0 Å². The van der Waals surface area contributed by atoms with Crippen molar-refractivity contribution in [3.63, 3.8) is 0 Å². The highest BCUT2D eigenvalue weighted by atomic mass is 19.4.